The summed E-state index contributed by atoms with van der Waals surface area (Å²) >= 11 is 0. The molecule has 154 valence electrons. The van der Waals surface area contributed by atoms with Gasteiger partial charge in [-0.3, -0.25) is 9.69 Å². The lowest BCUT2D eigenvalue weighted by Crippen LogP contribution is -2.38. The number of hydrogen-bond acceptors (Lipinski definition) is 5. The van der Waals surface area contributed by atoms with E-state index >= 15 is 0 Å². The van der Waals surface area contributed by atoms with Crippen LogP contribution in [0.25, 0.3) is 0 Å². The number of likely N-dealkylation sites (tertiary alicyclic amines) is 1. The van der Waals surface area contributed by atoms with E-state index < -0.39 is 0 Å². The van der Waals surface area contributed by atoms with Gasteiger partial charge in [-0.25, -0.2) is 9.97 Å². The highest BCUT2D eigenvalue weighted by Gasteiger charge is 2.26. The number of hydrogen-bond donors (Lipinski definition) is 0. The minimum Gasteiger partial charge on any atom is -0.492 e. The second kappa shape index (κ2) is 8.91. The smallest absolute Gasteiger partial charge is 0.219 e. The molecule has 6 nitrogen and oxygen atoms in total. The topological polar surface area (TPSA) is 58.6 Å². The standard InChI is InChI=1S/C23H30N4O2/c1-17-6-3-4-8-22(17)29-13-12-26-10-5-7-19(15-26)23-24-14-20-16-27(18(2)28)11-9-21(20)25-23/h3-4,6,8,14,19H,5,7,9-13,15-16H2,1-2H3. The molecule has 0 aliphatic carbocycles. The maximum absolute atomic E-state index is 11.6. The molecule has 6 heteroatoms. The van der Waals surface area contributed by atoms with Gasteiger partial charge in [-0.2, -0.15) is 0 Å². The van der Waals surface area contributed by atoms with Crippen molar-refractivity contribution in [3.8, 4) is 5.75 Å². The Kier molecular flexibility index (Phi) is 6.09. The number of nitrogens with zero attached hydrogens (tertiary/aromatic N) is 4. The quantitative estimate of drug-likeness (QED) is 0.780. The van der Waals surface area contributed by atoms with Crippen LogP contribution in [0.15, 0.2) is 30.5 Å². The van der Waals surface area contributed by atoms with Crippen molar-refractivity contribution in [3.05, 3.63) is 53.1 Å². The first-order valence-electron chi connectivity index (χ1n) is 10.6. The maximum Gasteiger partial charge on any atom is 0.219 e. The Labute approximate surface area is 172 Å². The third kappa shape index (κ3) is 4.75. The fourth-order valence-corrected chi connectivity index (χ4v) is 4.27. The van der Waals surface area contributed by atoms with Gasteiger partial charge in [0.2, 0.25) is 5.91 Å². The lowest BCUT2D eigenvalue weighted by molar-refractivity contribution is -0.129. The van der Waals surface area contributed by atoms with Crippen LogP contribution in [0.5, 0.6) is 5.75 Å². The molecule has 2 aromatic rings. The zero-order chi connectivity index (χ0) is 20.2. The number of carbonyl (C=O) groups is 1. The van der Waals surface area contributed by atoms with Crippen molar-refractivity contribution in [3.63, 3.8) is 0 Å². The van der Waals surface area contributed by atoms with Crippen LogP contribution >= 0.6 is 0 Å². The molecule has 0 N–H and O–H groups in total. The summed E-state index contributed by atoms with van der Waals surface area (Å²) in [6.45, 7) is 8.80. The summed E-state index contributed by atoms with van der Waals surface area (Å²) in [4.78, 5) is 25.5. The molecule has 0 spiro atoms. The van der Waals surface area contributed by atoms with Gasteiger partial charge in [0.1, 0.15) is 18.2 Å². The van der Waals surface area contributed by atoms with Crippen LogP contribution in [-0.4, -0.2) is 58.5 Å². The van der Waals surface area contributed by atoms with Gasteiger partial charge < -0.3 is 9.64 Å². The highest BCUT2D eigenvalue weighted by molar-refractivity contribution is 5.73. The summed E-state index contributed by atoms with van der Waals surface area (Å²) in [6.07, 6.45) is 5.05. The van der Waals surface area contributed by atoms with E-state index in [9.17, 15) is 4.79 Å². The van der Waals surface area contributed by atoms with Crippen molar-refractivity contribution in [1.82, 2.24) is 19.8 Å². The van der Waals surface area contributed by atoms with E-state index in [1.165, 1.54) is 5.56 Å². The second-order valence-corrected chi connectivity index (χ2v) is 8.14. The van der Waals surface area contributed by atoms with Crippen LogP contribution in [-0.2, 0) is 17.8 Å². The molecule has 1 atom stereocenters. The summed E-state index contributed by atoms with van der Waals surface area (Å²) in [6, 6.07) is 8.16. The van der Waals surface area contributed by atoms with Crippen LogP contribution in [0.4, 0.5) is 0 Å². The average Bonchev–Trinajstić information content (AvgIpc) is 2.74. The monoisotopic (exact) mass is 394 g/mol. The molecule has 2 aliphatic rings. The Morgan fingerprint density at radius 2 is 2.14 bits per heavy atom. The fourth-order valence-electron chi connectivity index (χ4n) is 4.27. The first-order chi connectivity index (χ1) is 14.1. The van der Waals surface area contributed by atoms with E-state index in [1.54, 1.807) is 6.92 Å². The molecule has 1 aromatic heterocycles. The van der Waals surface area contributed by atoms with Gasteiger partial charge in [-0.1, -0.05) is 18.2 Å². The lowest BCUT2D eigenvalue weighted by atomic mass is 9.96. The zero-order valence-corrected chi connectivity index (χ0v) is 17.4. The van der Waals surface area contributed by atoms with E-state index in [0.29, 0.717) is 19.1 Å². The Morgan fingerprint density at radius 3 is 2.97 bits per heavy atom. The van der Waals surface area contributed by atoms with Gasteiger partial charge in [-0.05, 0) is 37.9 Å². The summed E-state index contributed by atoms with van der Waals surface area (Å²) in [5.74, 6) is 2.43. The molecule has 1 amide bonds. The molecule has 4 rings (SSSR count). The number of para-hydroxylation sites is 1. The molecular weight excluding hydrogens is 364 g/mol. The SMILES string of the molecule is CC(=O)N1CCc2nc(C3CCCN(CCOc4ccccc4C)C3)ncc2C1. The van der Waals surface area contributed by atoms with Crippen LogP contribution in [0, 0.1) is 6.92 Å². The van der Waals surface area contributed by atoms with Crippen molar-refractivity contribution >= 4 is 5.91 Å². The fraction of sp³-hybridized carbons (Fsp3) is 0.522. The summed E-state index contributed by atoms with van der Waals surface area (Å²) in [5.41, 5.74) is 3.39. The van der Waals surface area contributed by atoms with Crippen LogP contribution < -0.4 is 4.74 Å². The van der Waals surface area contributed by atoms with E-state index in [-0.39, 0.29) is 5.91 Å². The zero-order valence-electron chi connectivity index (χ0n) is 17.4. The first kappa shape index (κ1) is 19.8. The molecule has 0 bridgehead atoms. The Morgan fingerprint density at radius 1 is 1.28 bits per heavy atom. The van der Waals surface area contributed by atoms with Gasteiger partial charge in [-0.15, -0.1) is 0 Å². The third-order valence-corrected chi connectivity index (χ3v) is 6.03. The highest BCUT2D eigenvalue weighted by Crippen LogP contribution is 2.26. The largest absolute Gasteiger partial charge is 0.492 e. The Balaban J connectivity index is 1.34. The average molecular weight is 395 g/mol. The molecule has 2 aliphatic heterocycles. The van der Waals surface area contributed by atoms with Gasteiger partial charge in [0.15, 0.2) is 0 Å². The van der Waals surface area contributed by atoms with Crippen LogP contribution in [0.1, 0.15) is 48.3 Å². The van der Waals surface area contributed by atoms with Crippen molar-refractivity contribution in [2.24, 2.45) is 0 Å². The number of fused-ring (bicyclic) bond motifs is 1. The van der Waals surface area contributed by atoms with Gasteiger partial charge in [0.25, 0.3) is 0 Å². The maximum atomic E-state index is 11.6. The lowest BCUT2D eigenvalue weighted by Gasteiger charge is -2.32. The summed E-state index contributed by atoms with van der Waals surface area (Å²) in [7, 11) is 0. The molecule has 1 unspecified atom stereocenters. The molecule has 29 heavy (non-hydrogen) atoms. The number of rotatable bonds is 5. The normalized spacial score (nSPS) is 19.7. The minimum atomic E-state index is 0.121. The Bertz CT molecular complexity index is 870. The van der Waals surface area contributed by atoms with E-state index in [2.05, 4.69) is 22.9 Å². The number of benzene rings is 1. The van der Waals surface area contributed by atoms with Crippen LogP contribution in [0.2, 0.25) is 0 Å². The van der Waals surface area contributed by atoms with Gasteiger partial charge in [0, 0.05) is 57.2 Å². The molecule has 0 saturated carbocycles. The first-order valence-corrected chi connectivity index (χ1v) is 10.6. The van der Waals surface area contributed by atoms with Crippen molar-refractivity contribution in [1.29, 1.82) is 0 Å². The molecule has 3 heterocycles. The predicted octanol–water partition coefficient (Wildman–Crippen LogP) is 2.95. The molecule has 0 radical (unpaired) electrons. The number of aromatic nitrogens is 2. The number of amides is 1. The summed E-state index contributed by atoms with van der Waals surface area (Å²) < 4.78 is 5.98. The van der Waals surface area contributed by atoms with Crippen molar-refractivity contribution in [2.45, 2.75) is 45.6 Å². The van der Waals surface area contributed by atoms with E-state index in [0.717, 1.165) is 68.3 Å². The van der Waals surface area contributed by atoms with Crippen LogP contribution in [0.3, 0.4) is 0 Å². The molecule has 1 aromatic carbocycles. The highest BCUT2D eigenvalue weighted by atomic mass is 16.5. The number of ether oxygens (including phenoxy) is 1. The van der Waals surface area contributed by atoms with E-state index in [4.69, 9.17) is 9.72 Å². The molecule has 1 fully saturated rings. The predicted molar refractivity (Wildman–Crippen MR) is 112 cm³/mol. The van der Waals surface area contributed by atoms with Gasteiger partial charge in [0.05, 0.1) is 5.69 Å². The molecule has 1 saturated heterocycles. The van der Waals surface area contributed by atoms with E-state index in [1.807, 2.05) is 29.3 Å². The van der Waals surface area contributed by atoms with Crippen molar-refractivity contribution < 1.29 is 9.53 Å². The molecular formula is C23H30N4O2. The third-order valence-electron chi connectivity index (χ3n) is 6.03. The number of aryl methyl sites for hydroxylation is 1. The number of carbonyl (C=O) groups excluding carboxylic acids is 1. The summed E-state index contributed by atoms with van der Waals surface area (Å²) in [5, 5.41) is 0. The Hall–Kier alpha value is -2.47. The van der Waals surface area contributed by atoms with Crippen molar-refractivity contribution in [2.75, 3.05) is 32.8 Å². The number of piperidine rings is 1. The van der Waals surface area contributed by atoms with Gasteiger partial charge >= 0.3 is 0 Å². The minimum absolute atomic E-state index is 0.121. The second-order valence-electron chi connectivity index (χ2n) is 8.14.